The molecular weight excluding hydrogens is 296 g/mol. The van der Waals surface area contributed by atoms with Crippen LogP contribution in [-0.4, -0.2) is 37.0 Å². The van der Waals surface area contributed by atoms with Crippen LogP contribution in [0.5, 0.6) is 0 Å². The topological polar surface area (TPSA) is 75.7 Å². The maximum Gasteiger partial charge on any atom is 0.306 e. The molecule has 1 N–H and O–H groups in total. The van der Waals surface area contributed by atoms with Crippen LogP contribution in [-0.2, 0) is 19.1 Å². The van der Waals surface area contributed by atoms with Gasteiger partial charge in [-0.25, -0.2) is 0 Å². The number of rotatable bonds is 6. The second-order valence-corrected chi connectivity index (χ2v) is 5.61. The third-order valence-corrected chi connectivity index (χ3v) is 3.70. The van der Waals surface area contributed by atoms with Gasteiger partial charge in [0.1, 0.15) is 0 Å². The lowest BCUT2D eigenvalue weighted by Gasteiger charge is -2.17. The monoisotopic (exact) mass is 318 g/mol. The molecule has 1 aromatic carbocycles. The summed E-state index contributed by atoms with van der Waals surface area (Å²) < 4.78 is 4.78. The smallest absolute Gasteiger partial charge is 0.306 e. The molecule has 2 rings (SSSR count). The van der Waals surface area contributed by atoms with Gasteiger partial charge in [-0.2, -0.15) is 0 Å². The number of carbonyl (C=O) groups excluding carboxylic acids is 3. The molecule has 0 aliphatic carbocycles. The van der Waals surface area contributed by atoms with Gasteiger partial charge in [-0.05, 0) is 26.0 Å². The van der Waals surface area contributed by atoms with E-state index in [1.807, 2.05) is 31.2 Å². The van der Waals surface area contributed by atoms with Gasteiger partial charge >= 0.3 is 5.97 Å². The average molecular weight is 318 g/mol. The first-order chi connectivity index (χ1) is 11.0. The summed E-state index contributed by atoms with van der Waals surface area (Å²) >= 11 is 0. The van der Waals surface area contributed by atoms with Gasteiger partial charge < -0.3 is 15.0 Å². The Morgan fingerprint density at radius 1 is 1.26 bits per heavy atom. The minimum atomic E-state index is -0.383. The van der Waals surface area contributed by atoms with Crippen molar-refractivity contribution >= 4 is 23.5 Å². The summed E-state index contributed by atoms with van der Waals surface area (Å²) in [6.45, 7) is 4.47. The normalized spacial score (nSPS) is 17.2. The van der Waals surface area contributed by atoms with E-state index in [1.165, 1.54) is 0 Å². The quantitative estimate of drug-likeness (QED) is 0.808. The van der Waals surface area contributed by atoms with Gasteiger partial charge in [0.2, 0.25) is 11.8 Å². The molecule has 1 fully saturated rings. The van der Waals surface area contributed by atoms with E-state index in [0.29, 0.717) is 13.2 Å². The second-order valence-electron chi connectivity index (χ2n) is 5.61. The Morgan fingerprint density at radius 2 is 1.96 bits per heavy atom. The summed E-state index contributed by atoms with van der Waals surface area (Å²) in [5.41, 5.74) is 1.97. The van der Waals surface area contributed by atoms with E-state index >= 15 is 0 Å². The van der Waals surface area contributed by atoms with Crippen LogP contribution < -0.4 is 10.2 Å². The number of benzene rings is 1. The molecule has 0 aromatic heterocycles. The molecule has 2 amide bonds. The predicted molar refractivity (Wildman–Crippen MR) is 85.9 cm³/mol. The van der Waals surface area contributed by atoms with E-state index in [0.717, 1.165) is 11.3 Å². The highest BCUT2D eigenvalue weighted by Crippen LogP contribution is 2.22. The third kappa shape index (κ3) is 4.81. The molecule has 1 aromatic rings. The lowest BCUT2D eigenvalue weighted by atomic mass is 10.2. The molecule has 0 bridgehead atoms. The van der Waals surface area contributed by atoms with Crippen LogP contribution in [0.3, 0.4) is 0 Å². The number of nitrogens with one attached hydrogen (secondary N) is 1. The van der Waals surface area contributed by atoms with Crippen molar-refractivity contribution in [3.8, 4) is 0 Å². The van der Waals surface area contributed by atoms with E-state index in [-0.39, 0.29) is 43.1 Å². The molecule has 6 nitrogen and oxygen atoms in total. The number of carbonyl (C=O) groups is 3. The number of nitrogens with zero attached hydrogens (tertiary/aromatic N) is 1. The van der Waals surface area contributed by atoms with Crippen LogP contribution in [0.1, 0.15) is 31.7 Å². The van der Waals surface area contributed by atoms with Crippen LogP contribution in [0.4, 0.5) is 5.69 Å². The van der Waals surface area contributed by atoms with Gasteiger partial charge in [0.25, 0.3) is 0 Å². The summed E-state index contributed by atoms with van der Waals surface area (Å²) in [4.78, 5) is 36.9. The SMILES string of the molecule is CCOC(=O)CCC(=O)NC1CC(=O)N(c2ccc(C)cc2)C1. The van der Waals surface area contributed by atoms with Crippen LogP contribution in [0, 0.1) is 6.92 Å². The van der Waals surface area contributed by atoms with Crippen molar-refractivity contribution in [3.05, 3.63) is 29.8 Å². The number of ether oxygens (including phenoxy) is 1. The van der Waals surface area contributed by atoms with Crippen molar-refractivity contribution in [2.24, 2.45) is 0 Å². The zero-order valence-electron chi connectivity index (χ0n) is 13.5. The molecule has 0 spiro atoms. The fourth-order valence-electron chi connectivity index (χ4n) is 2.53. The largest absolute Gasteiger partial charge is 0.466 e. The highest BCUT2D eigenvalue weighted by Gasteiger charge is 2.31. The van der Waals surface area contributed by atoms with E-state index in [2.05, 4.69) is 5.32 Å². The van der Waals surface area contributed by atoms with Crippen LogP contribution in [0.15, 0.2) is 24.3 Å². The fourth-order valence-corrected chi connectivity index (χ4v) is 2.53. The molecule has 6 heteroatoms. The van der Waals surface area contributed by atoms with E-state index < -0.39 is 0 Å². The summed E-state index contributed by atoms with van der Waals surface area (Å²) in [6, 6.07) is 7.48. The molecular formula is C17H22N2O4. The molecule has 124 valence electrons. The van der Waals surface area contributed by atoms with Gasteiger partial charge in [0.05, 0.1) is 19.1 Å². The van der Waals surface area contributed by atoms with Crippen molar-refractivity contribution in [1.82, 2.24) is 5.32 Å². The van der Waals surface area contributed by atoms with E-state index in [1.54, 1.807) is 11.8 Å². The van der Waals surface area contributed by atoms with Crippen molar-refractivity contribution in [1.29, 1.82) is 0 Å². The predicted octanol–water partition coefficient (Wildman–Crippen LogP) is 1.56. The molecule has 0 saturated carbocycles. The number of amides is 2. The lowest BCUT2D eigenvalue weighted by molar-refractivity contribution is -0.144. The number of anilines is 1. The average Bonchev–Trinajstić information content (AvgIpc) is 2.87. The Labute approximate surface area is 135 Å². The molecule has 0 radical (unpaired) electrons. The number of aryl methyl sites for hydroxylation is 1. The minimum absolute atomic E-state index is 0.00968. The Morgan fingerprint density at radius 3 is 2.61 bits per heavy atom. The Balaban J connectivity index is 1.84. The number of hydrogen-bond donors (Lipinski definition) is 1. The van der Waals surface area contributed by atoms with Gasteiger partial charge in [-0.1, -0.05) is 17.7 Å². The minimum Gasteiger partial charge on any atom is -0.466 e. The fraction of sp³-hybridized carbons (Fsp3) is 0.471. The molecule has 1 aliphatic rings. The molecule has 1 aliphatic heterocycles. The molecule has 1 unspecified atom stereocenters. The Kier molecular flexibility index (Phi) is 5.73. The zero-order chi connectivity index (χ0) is 16.8. The van der Waals surface area contributed by atoms with Gasteiger partial charge in [0.15, 0.2) is 0 Å². The number of hydrogen-bond acceptors (Lipinski definition) is 4. The van der Waals surface area contributed by atoms with Crippen LogP contribution in [0.2, 0.25) is 0 Å². The van der Waals surface area contributed by atoms with Gasteiger partial charge in [-0.3, -0.25) is 14.4 Å². The highest BCUT2D eigenvalue weighted by atomic mass is 16.5. The maximum absolute atomic E-state index is 12.1. The first kappa shape index (κ1) is 17.0. The first-order valence-electron chi connectivity index (χ1n) is 7.81. The maximum atomic E-state index is 12.1. The Bertz CT molecular complexity index is 583. The first-order valence-corrected chi connectivity index (χ1v) is 7.81. The van der Waals surface area contributed by atoms with E-state index in [4.69, 9.17) is 4.74 Å². The van der Waals surface area contributed by atoms with Crippen molar-refractivity contribution < 1.29 is 19.1 Å². The zero-order valence-corrected chi connectivity index (χ0v) is 13.5. The molecule has 23 heavy (non-hydrogen) atoms. The van der Waals surface area contributed by atoms with Crippen molar-refractivity contribution in [2.45, 2.75) is 39.2 Å². The Hall–Kier alpha value is -2.37. The summed E-state index contributed by atoms with van der Waals surface area (Å²) in [5.74, 6) is -0.627. The third-order valence-electron chi connectivity index (χ3n) is 3.70. The standard InChI is InChI=1S/C17H22N2O4/c1-3-23-17(22)9-8-15(20)18-13-10-16(21)19(11-13)14-6-4-12(2)5-7-14/h4-7,13H,3,8-11H2,1-2H3,(H,18,20). The van der Waals surface area contributed by atoms with Crippen LogP contribution in [0.25, 0.3) is 0 Å². The highest BCUT2D eigenvalue weighted by molar-refractivity contribution is 5.97. The molecule has 1 heterocycles. The van der Waals surface area contributed by atoms with Crippen LogP contribution >= 0.6 is 0 Å². The summed E-state index contributed by atoms with van der Waals surface area (Å²) in [5, 5.41) is 2.81. The second kappa shape index (κ2) is 7.76. The molecule has 1 saturated heterocycles. The van der Waals surface area contributed by atoms with E-state index in [9.17, 15) is 14.4 Å². The van der Waals surface area contributed by atoms with Gasteiger partial charge in [0, 0.05) is 25.1 Å². The van der Waals surface area contributed by atoms with Crippen molar-refractivity contribution in [2.75, 3.05) is 18.1 Å². The summed E-state index contributed by atoms with van der Waals surface area (Å²) in [7, 11) is 0. The number of esters is 1. The molecule has 1 atom stereocenters. The summed E-state index contributed by atoms with van der Waals surface area (Å²) in [6.07, 6.45) is 0.412. The lowest BCUT2D eigenvalue weighted by Crippen LogP contribution is -2.37. The van der Waals surface area contributed by atoms with Gasteiger partial charge in [-0.15, -0.1) is 0 Å². The van der Waals surface area contributed by atoms with Crippen molar-refractivity contribution in [3.63, 3.8) is 0 Å².